The van der Waals surface area contributed by atoms with Crippen molar-refractivity contribution in [1.82, 2.24) is 15.2 Å². The molecule has 5 nitrogen and oxygen atoms in total. The van der Waals surface area contributed by atoms with E-state index >= 15 is 0 Å². The van der Waals surface area contributed by atoms with Crippen molar-refractivity contribution in [3.63, 3.8) is 0 Å². The number of nitrogens with two attached hydrogens (primary N) is 1. The SMILES string of the molecule is CC1C(N)CCCN1c1n[nH]c(-c2cc(Br)cc(Br)c2)n1. The molecule has 2 heterocycles. The van der Waals surface area contributed by atoms with E-state index in [0.717, 1.165) is 45.7 Å². The Balaban J connectivity index is 1.89. The lowest BCUT2D eigenvalue weighted by molar-refractivity contribution is 0.416. The van der Waals surface area contributed by atoms with Gasteiger partial charge in [-0.15, -0.1) is 5.10 Å². The monoisotopic (exact) mass is 413 g/mol. The Labute approximate surface area is 140 Å². The fourth-order valence-corrected chi connectivity index (χ4v) is 3.95. The molecule has 2 aromatic rings. The highest BCUT2D eigenvalue weighted by atomic mass is 79.9. The van der Waals surface area contributed by atoms with Crippen molar-refractivity contribution in [2.24, 2.45) is 5.73 Å². The molecule has 2 atom stereocenters. The molecule has 0 aliphatic carbocycles. The lowest BCUT2D eigenvalue weighted by atomic mass is 9.99. The molecular formula is C14H17Br2N5. The van der Waals surface area contributed by atoms with Crippen molar-refractivity contribution in [3.05, 3.63) is 27.1 Å². The van der Waals surface area contributed by atoms with Crippen molar-refractivity contribution in [2.45, 2.75) is 31.8 Å². The minimum atomic E-state index is 0.181. The second kappa shape index (κ2) is 6.06. The molecule has 1 saturated heterocycles. The second-order valence-electron chi connectivity index (χ2n) is 5.38. The van der Waals surface area contributed by atoms with Crippen molar-refractivity contribution in [2.75, 3.05) is 11.4 Å². The summed E-state index contributed by atoms with van der Waals surface area (Å²) in [7, 11) is 0. The first-order valence-electron chi connectivity index (χ1n) is 6.95. The van der Waals surface area contributed by atoms with Gasteiger partial charge < -0.3 is 10.6 Å². The van der Waals surface area contributed by atoms with E-state index in [9.17, 15) is 0 Å². The fraction of sp³-hybridized carbons (Fsp3) is 0.429. The Morgan fingerprint density at radius 1 is 1.29 bits per heavy atom. The number of anilines is 1. The highest BCUT2D eigenvalue weighted by molar-refractivity contribution is 9.11. The van der Waals surface area contributed by atoms with Gasteiger partial charge in [-0.3, -0.25) is 5.10 Å². The first-order chi connectivity index (χ1) is 10.0. The van der Waals surface area contributed by atoms with E-state index < -0.39 is 0 Å². The number of halogens is 2. The van der Waals surface area contributed by atoms with Crippen LogP contribution in [0.2, 0.25) is 0 Å². The molecule has 3 rings (SSSR count). The lowest BCUT2D eigenvalue weighted by Crippen LogP contribution is -2.50. The number of hydrogen-bond acceptors (Lipinski definition) is 4. The van der Waals surface area contributed by atoms with Gasteiger partial charge in [-0.25, -0.2) is 0 Å². The number of rotatable bonds is 2. The average Bonchev–Trinajstić information content (AvgIpc) is 2.90. The molecule has 1 aliphatic rings. The largest absolute Gasteiger partial charge is 0.335 e. The Hall–Kier alpha value is -0.920. The van der Waals surface area contributed by atoms with E-state index in [1.54, 1.807) is 0 Å². The normalized spacial score (nSPS) is 22.6. The number of H-pyrrole nitrogens is 1. The molecule has 0 saturated carbocycles. The van der Waals surface area contributed by atoms with Gasteiger partial charge in [0.25, 0.3) is 0 Å². The number of aromatic nitrogens is 3. The standard InChI is InChI=1S/C14H17Br2N5/c1-8-12(17)3-2-4-21(8)14-18-13(19-20-14)9-5-10(15)7-11(16)6-9/h5-8,12H,2-4,17H2,1H3,(H,18,19,20). The number of hydrogen-bond donors (Lipinski definition) is 2. The van der Waals surface area contributed by atoms with E-state index in [4.69, 9.17) is 5.73 Å². The summed E-state index contributed by atoms with van der Waals surface area (Å²) in [5, 5.41) is 7.39. The van der Waals surface area contributed by atoms with Crippen LogP contribution in [0.15, 0.2) is 27.1 Å². The first kappa shape index (κ1) is 15.0. The average molecular weight is 415 g/mol. The third-order valence-electron chi connectivity index (χ3n) is 3.91. The van der Waals surface area contributed by atoms with Crippen molar-refractivity contribution < 1.29 is 0 Å². The summed E-state index contributed by atoms with van der Waals surface area (Å²) in [5.74, 6) is 1.49. The number of piperidine rings is 1. The van der Waals surface area contributed by atoms with Crippen molar-refractivity contribution in [1.29, 1.82) is 0 Å². The van der Waals surface area contributed by atoms with Crippen LogP contribution in [-0.2, 0) is 0 Å². The molecule has 21 heavy (non-hydrogen) atoms. The maximum Gasteiger partial charge on any atom is 0.245 e. The summed E-state index contributed by atoms with van der Waals surface area (Å²) in [5.41, 5.74) is 7.13. The number of nitrogens with one attached hydrogen (secondary N) is 1. The van der Waals surface area contributed by atoms with Gasteiger partial charge in [0, 0.05) is 33.1 Å². The highest BCUT2D eigenvalue weighted by Gasteiger charge is 2.27. The van der Waals surface area contributed by atoms with Crippen LogP contribution in [0, 0.1) is 0 Å². The van der Waals surface area contributed by atoms with Gasteiger partial charge in [0.15, 0.2) is 5.82 Å². The van der Waals surface area contributed by atoms with Crippen LogP contribution in [0.4, 0.5) is 5.95 Å². The van der Waals surface area contributed by atoms with Crippen LogP contribution in [0.1, 0.15) is 19.8 Å². The van der Waals surface area contributed by atoms with Crippen molar-refractivity contribution in [3.8, 4) is 11.4 Å². The topological polar surface area (TPSA) is 70.8 Å². The Morgan fingerprint density at radius 2 is 2.00 bits per heavy atom. The summed E-state index contributed by atoms with van der Waals surface area (Å²) in [4.78, 5) is 6.82. The minimum Gasteiger partial charge on any atom is -0.335 e. The zero-order valence-corrected chi connectivity index (χ0v) is 14.9. The predicted octanol–water partition coefficient (Wildman–Crippen LogP) is 3.31. The van der Waals surface area contributed by atoms with Crippen LogP contribution in [0.25, 0.3) is 11.4 Å². The van der Waals surface area contributed by atoms with Gasteiger partial charge in [0.2, 0.25) is 5.95 Å². The van der Waals surface area contributed by atoms with Crippen LogP contribution in [0.3, 0.4) is 0 Å². The summed E-state index contributed by atoms with van der Waals surface area (Å²) in [6.07, 6.45) is 2.14. The third-order valence-corrected chi connectivity index (χ3v) is 4.83. The maximum absolute atomic E-state index is 6.14. The molecule has 0 spiro atoms. The maximum atomic E-state index is 6.14. The quantitative estimate of drug-likeness (QED) is 0.790. The molecule has 0 radical (unpaired) electrons. The predicted molar refractivity (Wildman–Crippen MR) is 91.2 cm³/mol. The van der Waals surface area contributed by atoms with Crippen LogP contribution in [-0.4, -0.2) is 33.8 Å². The molecule has 1 aromatic carbocycles. The molecule has 1 fully saturated rings. The highest BCUT2D eigenvalue weighted by Crippen LogP contribution is 2.27. The lowest BCUT2D eigenvalue weighted by Gasteiger charge is -2.36. The number of nitrogens with zero attached hydrogens (tertiary/aromatic N) is 3. The van der Waals surface area contributed by atoms with Gasteiger partial charge in [0.05, 0.1) is 0 Å². The third kappa shape index (κ3) is 3.14. The van der Waals surface area contributed by atoms with E-state index in [1.165, 1.54) is 0 Å². The molecule has 112 valence electrons. The summed E-state index contributed by atoms with van der Waals surface area (Å²) < 4.78 is 2.00. The molecule has 0 bridgehead atoms. The zero-order chi connectivity index (χ0) is 15.0. The molecule has 1 aromatic heterocycles. The first-order valence-corrected chi connectivity index (χ1v) is 8.54. The molecule has 7 heteroatoms. The van der Waals surface area contributed by atoms with E-state index in [2.05, 4.69) is 58.9 Å². The van der Waals surface area contributed by atoms with Gasteiger partial charge in [0.1, 0.15) is 0 Å². The van der Waals surface area contributed by atoms with E-state index in [0.29, 0.717) is 0 Å². The summed E-state index contributed by atoms with van der Waals surface area (Å²) >= 11 is 6.98. The Morgan fingerprint density at radius 3 is 2.71 bits per heavy atom. The minimum absolute atomic E-state index is 0.181. The number of aromatic amines is 1. The van der Waals surface area contributed by atoms with Crippen molar-refractivity contribution >= 4 is 37.8 Å². The van der Waals surface area contributed by atoms with E-state index in [-0.39, 0.29) is 12.1 Å². The zero-order valence-electron chi connectivity index (χ0n) is 11.7. The second-order valence-corrected chi connectivity index (χ2v) is 7.21. The molecule has 1 aliphatic heterocycles. The van der Waals surface area contributed by atoms with Gasteiger partial charge in [-0.2, -0.15) is 4.98 Å². The van der Waals surface area contributed by atoms with Crippen LogP contribution in [0.5, 0.6) is 0 Å². The van der Waals surface area contributed by atoms with Gasteiger partial charge in [-0.05, 0) is 38.0 Å². The van der Waals surface area contributed by atoms with Gasteiger partial charge >= 0.3 is 0 Å². The molecule has 3 N–H and O–H groups in total. The summed E-state index contributed by atoms with van der Waals surface area (Å²) in [6.45, 7) is 3.09. The van der Waals surface area contributed by atoms with E-state index in [1.807, 2.05) is 18.2 Å². The molecule has 2 unspecified atom stereocenters. The Bertz CT molecular complexity index is 622. The summed E-state index contributed by atoms with van der Waals surface area (Å²) in [6, 6.07) is 6.46. The fourth-order valence-electron chi connectivity index (χ4n) is 2.66. The number of benzene rings is 1. The van der Waals surface area contributed by atoms with Crippen LogP contribution < -0.4 is 10.6 Å². The molecular weight excluding hydrogens is 398 g/mol. The Kier molecular flexibility index (Phi) is 4.33. The van der Waals surface area contributed by atoms with Crippen LogP contribution >= 0.6 is 31.9 Å². The smallest absolute Gasteiger partial charge is 0.245 e. The molecule has 0 amide bonds. The van der Waals surface area contributed by atoms with Gasteiger partial charge in [-0.1, -0.05) is 31.9 Å².